The Morgan fingerprint density at radius 3 is 1.17 bits per heavy atom. The van der Waals surface area contributed by atoms with Gasteiger partial charge in [0.05, 0.1) is 34.4 Å². The second kappa shape index (κ2) is 54.7. The third-order valence-corrected chi connectivity index (χ3v) is 14.3. The smallest absolute Gasteiger partial charge is 0.457 e. The van der Waals surface area contributed by atoms with E-state index < -0.39 is 13.9 Å². The Kier molecular flexibility index (Phi) is 53.5. The predicted octanol–water partition coefficient (Wildman–Crippen LogP) is 19.4. The number of hydrogen-bond acceptors (Lipinski definition) is 6. The molecular formula is C62H119NO7P+. The molecule has 0 rings (SSSR count). The minimum atomic E-state index is -4.29. The van der Waals surface area contributed by atoms with Crippen molar-refractivity contribution >= 4 is 13.8 Å². The molecule has 0 heterocycles. The summed E-state index contributed by atoms with van der Waals surface area (Å²) >= 11 is 0. The van der Waals surface area contributed by atoms with Crippen molar-refractivity contribution in [2.24, 2.45) is 0 Å². The van der Waals surface area contributed by atoms with Crippen LogP contribution in [0.2, 0.25) is 0 Å². The molecule has 0 aromatic rings. The molecule has 0 aromatic heterocycles. The van der Waals surface area contributed by atoms with Crippen LogP contribution in [-0.4, -0.2) is 75.6 Å². The fourth-order valence-corrected chi connectivity index (χ4v) is 9.42. The van der Waals surface area contributed by atoms with Crippen molar-refractivity contribution in [1.82, 2.24) is 0 Å². The molecule has 0 bridgehead atoms. The lowest BCUT2D eigenvalue weighted by atomic mass is 10.0. The van der Waals surface area contributed by atoms with E-state index in [9.17, 15) is 14.3 Å². The maximum absolute atomic E-state index is 12.8. The number of unbranched alkanes of at least 4 members (excludes halogenated alkanes) is 35. The van der Waals surface area contributed by atoms with Gasteiger partial charge in [-0.15, -0.1) is 0 Å². The van der Waals surface area contributed by atoms with Crippen molar-refractivity contribution in [3.05, 3.63) is 48.6 Å². The van der Waals surface area contributed by atoms with Crippen LogP contribution in [0.5, 0.6) is 0 Å². The SMILES string of the molecule is CCCCCCC/C=C\C/C=C\C/C=C\CCCCCCCCCCCCC(=O)OC(COCCCCCCCCCCCCCC/C=C\CCCCCCCCCC)COP(=O)(O)OCC[N+](C)(C)C. The second-order valence-electron chi connectivity index (χ2n) is 21.7. The molecule has 0 aliphatic rings. The van der Waals surface area contributed by atoms with Gasteiger partial charge in [-0.3, -0.25) is 13.8 Å². The van der Waals surface area contributed by atoms with Crippen LogP contribution in [0.3, 0.4) is 0 Å². The minimum Gasteiger partial charge on any atom is -0.457 e. The molecule has 0 aromatic carbocycles. The minimum absolute atomic E-state index is 0.0877. The van der Waals surface area contributed by atoms with Gasteiger partial charge in [0.25, 0.3) is 0 Å². The molecule has 0 fully saturated rings. The summed E-state index contributed by atoms with van der Waals surface area (Å²) in [6.45, 7) is 5.65. The maximum atomic E-state index is 12.8. The molecule has 0 radical (unpaired) electrons. The quantitative estimate of drug-likeness (QED) is 0.0213. The summed E-state index contributed by atoms with van der Waals surface area (Å²) in [6.07, 6.45) is 70.4. The van der Waals surface area contributed by atoms with Crippen LogP contribution < -0.4 is 0 Å². The predicted molar refractivity (Wildman–Crippen MR) is 307 cm³/mol. The standard InChI is InChI=1S/C62H118NO7P/c1-6-8-10-12-14-16-18-20-22-24-26-28-30-32-33-35-37-39-41-43-45-47-49-51-53-55-62(64)70-61(60-69-71(65,66)68-58-56-63(3,4)5)59-67-57-54-52-50-48-46-44-42-40-38-36-34-31-29-27-25-23-21-19-17-15-13-11-9-7-2/h18,20,24-27,30,32,61H,6-17,19,21-23,28-29,31,33-60H2,1-5H3/p+1/b20-18-,26-24-,27-25-,32-30-. The van der Waals surface area contributed by atoms with Gasteiger partial charge in [-0.05, 0) is 77.0 Å². The fourth-order valence-electron chi connectivity index (χ4n) is 8.68. The number of phosphoric acid groups is 1. The lowest BCUT2D eigenvalue weighted by Crippen LogP contribution is -2.37. The highest BCUT2D eigenvalue weighted by molar-refractivity contribution is 7.47. The number of rotatable bonds is 57. The topological polar surface area (TPSA) is 91.3 Å². The van der Waals surface area contributed by atoms with E-state index in [1.54, 1.807) is 0 Å². The van der Waals surface area contributed by atoms with E-state index in [0.29, 0.717) is 24.1 Å². The molecule has 0 aliphatic carbocycles. The van der Waals surface area contributed by atoms with Crippen LogP contribution in [0, 0.1) is 0 Å². The van der Waals surface area contributed by atoms with Crippen LogP contribution >= 0.6 is 7.82 Å². The first kappa shape index (κ1) is 69.5. The Hall–Kier alpha value is -1.54. The van der Waals surface area contributed by atoms with Gasteiger partial charge < -0.3 is 18.9 Å². The second-order valence-corrected chi connectivity index (χ2v) is 23.2. The molecule has 2 unspecified atom stereocenters. The molecule has 0 aliphatic heterocycles. The molecule has 0 amide bonds. The number of quaternary nitrogens is 1. The van der Waals surface area contributed by atoms with Crippen LogP contribution in [0.15, 0.2) is 48.6 Å². The lowest BCUT2D eigenvalue weighted by molar-refractivity contribution is -0.870. The number of esters is 1. The van der Waals surface area contributed by atoms with Crippen molar-refractivity contribution in [3.63, 3.8) is 0 Å². The molecule has 71 heavy (non-hydrogen) atoms. The van der Waals surface area contributed by atoms with Gasteiger partial charge in [0.2, 0.25) is 0 Å². The van der Waals surface area contributed by atoms with E-state index >= 15 is 0 Å². The molecule has 8 nitrogen and oxygen atoms in total. The normalized spacial score (nSPS) is 13.7. The molecule has 0 saturated heterocycles. The first-order valence-corrected chi connectivity index (χ1v) is 31.9. The Bertz CT molecular complexity index is 1280. The Balaban J connectivity index is 4.05. The van der Waals surface area contributed by atoms with E-state index in [0.717, 1.165) is 44.9 Å². The summed E-state index contributed by atoms with van der Waals surface area (Å²) in [5, 5.41) is 0. The van der Waals surface area contributed by atoms with Crippen molar-refractivity contribution < 1.29 is 37.3 Å². The molecule has 1 N–H and O–H groups in total. The average molecular weight is 1020 g/mol. The zero-order valence-corrected chi connectivity index (χ0v) is 48.6. The van der Waals surface area contributed by atoms with E-state index in [2.05, 4.69) is 62.5 Å². The summed E-state index contributed by atoms with van der Waals surface area (Å²) in [7, 11) is 1.67. The Morgan fingerprint density at radius 2 is 0.775 bits per heavy atom. The van der Waals surface area contributed by atoms with Crippen molar-refractivity contribution in [2.45, 2.75) is 290 Å². The summed E-state index contributed by atoms with van der Waals surface area (Å²) in [6, 6.07) is 0. The van der Waals surface area contributed by atoms with E-state index in [1.807, 2.05) is 21.1 Å². The molecule has 0 spiro atoms. The monoisotopic (exact) mass is 1020 g/mol. The fraction of sp³-hybridized carbons (Fsp3) is 0.855. The van der Waals surface area contributed by atoms with Gasteiger partial charge >= 0.3 is 13.8 Å². The van der Waals surface area contributed by atoms with Gasteiger partial charge in [0, 0.05) is 13.0 Å². The number of likely N-dealkylation sites (N-methyl/N-ethyl adjacent to an activating group) is 1. The zero-order chi connectivity index (χ0) is 51.9. The third kappa shape index (κ3) is 59.2. The largest absolute Gasteiger partial charge is 0.472 e. The lowest BCUT2D eigenvalue weighted by Gasteiger charge is -2.24. The molecule has 418 valence electrons. The van der Waals surface area contributed by atoms with Crippen molar-refractivity contribution in [3.8, 4) is 0 Å². The van der Waals surface area contributed by atoms with Gasteiger partial charge in [-0.25, -0.2) is 4.57 Å². The molecule has 2 atom stereocenters. The highest BCUT2D eigenvalue weighted by Crippen LogP contribution is 2.43. The summed E-state index contributed by atoms with van der Waals surface area (Å²) in [5.74, 6) is -0.314. The van der Waals surface area contributed by atoms with Gasteiger partial charge in [0.15, 0.2) is 0 Å². The molecular weight excluding hydrogens is 902 g/mol. The Labute approximate surface area is 441 Å². The highest BCUT2D eigenvalue weighted by Gasteiger charge is 2.26. The van der Waals surface area contributed by atoms with Gasteiger partial charge in [0.1, 0.15) is 19.3 Å². The van der Waals surface area contributed by atoms with E-state index in [1.165, 1.54) is 218 Å². The average Bonchev–Trinajstić information content (AvgIpc) is 3.33. The number of ether oxygens (including phenoxy) is 2. The first-order chi connectivity index (χ1) is 34.6. The van der Waals surface area contributed by atoms with Crippen molar-refractivity contribution in [2.75, 3.05) is 54.1 Å². The van der Waals surface area contributed by atoms with E-state index in [-0.39, 0.29) is 25.8 Å². The number of hydrogen-bond donors (Lipinski definition) is 1. The molecule has 9 heteroatoms. The number of carbonyl (C=O) groups excluding carboxylic acids is 1. The summed E-state index contributed by atoms with van der Waals surface area (Å²) in [4.78, 5) is 23.1. The number of carbonyl (C=O) groups is 1. The summed E-state index contributed by atoms with van der Waals surface area (Å²) < 4.78 is 35.3. The third-order valence-electron chi connectivity index (χ3n) is 13.4. The highest BCUT2D eigenvalue weighted by atomic mass is 31.2. The molecule has 0 saturated carbocycles. The Morgan fingerprint density at radius 1 is 0.437 bits per heavy atom. The van der Waals surface area contributed by atoms with Crippen LogP contribution in [0.25, 0.3) is 0 Å². The number of nitrogens with zero attached hydrogens (tertiary/aromatic N) is 1. The van der Waals surface area contributed by atoms with Crippen LogP contribution in [-0.2, 0) is 27.9 Å². The van der Waals surface area contributed by atoms with Gasteiger partial charge in [-0.1, -0.05) is 249 Å². The first-order valence-electron chi connectivity index (χ1n) is 30.4. The summed E-state index contributed by atoms with van der Waals surface area (Å²) in [5.41, 5.74) is 0. The van der Waals surface area contributed by atoms with Gasteiger partial charge in [-0.2, -0.15) is 0 Å². The number of allylic oxidation sites excluding steroid dienone is 8. The van der Waals surface area contributed by atoms with Crippen molar-refractivity contribution in [1.29, 1.82) is 0 Å². The maximum Gasteiger partial charge on any atom is 0.472 e. The van der Waals surface area contributed by atoms with E-state index in [4.69, 9.17) is 18.5 Å². The van der Waals surface area contributed by atoms with Crippen LogP contribution in [0.4, 0.5) is 0 Å². The zero-order valence-electron chi connectivity index (χ0n) is 47.7. The van der Waals surface area contributed by atoms with Crippen LogP contribution in [0.1, 0.15) is 284 Å². The number of phosphoric ester groups is 1.